The summed E-state index contributed by atoms with van der Waals surface area (Å²) in [5, 5.41) is 8.40. The minimum absolute atomic E-state index is 0.149. The molecule has 1 aromatic heterocycles. The number of nitrogens with zero attached hydrogens (tertiary/aromatic N) is 2. The second kappa shape index (κ2) is 6.67. The van der Waals surface area contributed by atoms with Gasteiger partial charge in [0.05, 0.1) is 6.04 Å². The quantitative estimate of drug-likeness (QED) is 0.317. The van der Waals surface area contributed by atoms with Crippen LogP contribution < -0.4 is 5.48 Å². The van der Waals surface area contributed by atoms with Gasteiger partial charge in [0.1, 0.15) is 12.6 Å². The monoisotopic (exact) mass is 207 g/mol. The van der Waals surface area contributed by atoms with Crippen LogP contribution in [0, 0.1) is 0 Å². The summed E-state index contributed by atoms with van der Waals surface area (Å²) in [4.78, 5) is 18.3. The fourth-order valence-electron chi connectivity index (χ4n) is 1.25. The molecule has 1 atom stereocenters. The third-order valence-corrected chi connectivity index (χ3v) is 1.94. The first-order chi connectivity index (χ1) is 7.38. The highest BCUT2D eigenvalue weighted by molar-refractivity contribution is 5.53. The largest absolute Gasteiger partial charge is 0.303 e. The first-order valence-corrected chi connectivity index (χ1v) is 4.63. The van der Waals surface area contributed by atoms with Crippen LogP contribution in [-0.2, 0) is 4.79 Å². The Hall–Kier alpha value is -1.75. The molecule has 1 aromatic rings. The molecule has 0 saturated carbocycles. The van der Waals surface area contributed by atoms with Crippen LogP contribution in [0.15, 0.2) is 29.5 Å². The molecule has 0 fully saturated rings. The Morgan fingerprint density at radius 3 is 3.13 bits per heavy atom. The van der Waals surface area contributed by atoms with Crippen molar-refractivity contribution in [1.82, 2.24) is 10.5 Å². The van der Waals surface area contributed by atoms with E-state index in [0.717, 1.165) is 11.8 Å². The van der Waals surface area contributed by atoms with Crippen molar-refractivity contribution >= 4 is 12.6 Å². The number of hydrogen-bond acceptors (Lipinski definition) is 4. The van der Waals surface area contributed by atoms with E-state index in [1.54, 1.807) is 12.4 Å². The fraction of sp³-hybridized carbons (Fsp3) is 0.300. The molecule has 0 saturated heterocycles. The molecular formula is C10H13N3O2. The molecule has 2 N–H and O–H groups in total. The molecule has 0 radical (unpaired) electrons. The number of pyridine rings is 1. The molecule has 5 nitrogen and oxygen atoms in total. The smallest absolute Gasteiger partial charge is 0.120 e. The maximum Gasteiger partial charge on any atom is 0.120 e. The zero-order chi connectivity index (χ0) is 10.9. The average Bonchev–Trinajstić information content (AvgIpc) is 2.30. The molecule has 1 heterocycles. The van der Waals surface area contributed by atoms with Crippen molar-refractivity contribution in [1.29, 1.82) is 0 Å². The molecule has 1 rings (SSSR count). The summed E-state index contributed by atoms with van der Waals surface area (Å²) in [6.07, 6.45) is 6.46. The van der Waals surface area contributed by atoms with Crippen molar-refractivity contribution in [2.45, 2.75) is 18.9 Å². The van der Waals surface area contributed by atoms with Gasteiger partial charge in [0.25, 0.3) is 0 Å². The average molecular weight is 207 g/mol. The number of hydrogen-bond donors (Lipinski definition) is 2. The minimum Gasteiger partial charge on any atom is -0.303 e. The van der Waals surface area contributed by atoms with Gasteiger partial charge in [-0.05, 0) is 18.1 Å². The standard InChI is InChI=1S/C10H13N3O2/c14-6-2-4-10(12-8-13-15)9-3-1-5-11-7-9/h1,3,5-8,10,15H,2,4H2,(H,12,13). The van der Waals surface area contributed by atoms with Crippen LogP contribution in [-0.4, -0.2) is 22.8 Å². The van der Waals surface area contributed by atoms with Gasteiger partial charge in [-0.2, -0.15) is 0 Å². The Morgan fingerprint density at radius 2 is 2.53 bits per heavy atom. The van der Waals surface area contributed by atoms with Crippen molar-refractivity contribution < 1.29 is 10.0 Å². The molecule has 0 aliphatic carbocycles. The van der Waals surface area contributed by atoms with Crippen molar-refractivity contribution in [3.63, 3.8) is 0 Å². The second-order valence-electron chi connectivity index (χ2n) is 2.95. The Morgan fingerprint density at radius 1 is 1.67 bits per heavy atom. The highest BCUT2D eigenvalue weighted by Crippen LogP contribution is 2.20. The van der Waals surface area contributed by atoms with Crippen LogP contribution in [0.25, 0.3) is 0 Å². The van der Waals surface area contributed by atoms with Crippen LogP contribution in [0.4, 0.5) is 0 Å². The van der Waals surface area contributed by atoms with Gasteiger partial charge in [0, 0.05) is 18.8 Å². The summed E-state index contributed by atoms with van der Waals surface area (Å²) in [7, 11) is 0. The SMILES string of the molecule is O=CCCC(N=CNO)c1cccnc1. The Balaban J connectivity index is 2.71. The highest BCUT2D eigenvalue weighted by Gasteiger charge is 2.08. The molecule has 15 heavy (non-hydrogen) atoms. The molecule has 0 spiro atoms. The van der Waals surface area contributed by atoms with E-state index >= 15 is 0 Å². The Kier molecular flexibility index (Phi) is 5.03. The minimum atomic E-state index is -0.149. The van der Waals surface area contributed by atoms with Crippen molar-refractivity contribution in [3.05, 3.63) is 30.1 Å². The van der Waals surface area contributed by atoms with Gasteiger partial charge < -0.3 is 4.79 Å². The van der Waals surface area contributed by atoms with Crippen molar-refractivity contribution in [2.24, 2.45) is 4.99 Å². The normalized spacial score (nSPS) is 12.6. The van der Waals surface area contributed by atoms with Gasteiger partial charge in [-0.1, -0.05) is 6.07 Å². The summed E-state index contributed by atoms with van der Waals surface area (Å²) in [6.45, 7) is 0. The van der Waals surface area contributed by atoms with Crippen molar-refractivity contribution in [3.8, 4) is 0 Å². The number of aliphatic imine (C=N–C) groups is 1. The predicted molar refractivity (Wildman–Crippen MR) is 55.7 cm³/mol. The summed E-state index contributed by atoms with van der Waals surface area (Å²) >= 11 is 0. The van der Waals surface area contributed by atoms with Gasteiger partial charge >= 0.3 is 0 Å². The topological polar surface area (TPSA) is 74.6 Å². The number of nitrogens with one attached hydrogen (secondary N) is 1. The highest BCUT2D eigenvalue weighted by atomic mass is 16.5. The summed E-state index contributed by atoms with van der Waals surface area (Å²) in [6, 6.07) is 3.55. The van der Waals surface area contributed by atoms with Gasteiger partial charge in [-0.3, -0.25) is 20.7 Å². The lowest BCUT2D eigenvalue weighted by Gasteiger charge is -2.09. The summed E-state index contributed by atoms with van der Waals surface area (Å²) < 4.78 is 0. The number of hydroxylamine groups is 1. The molecule has 0 aromatic carbocycles. The fourth-order valence-corrected chi connectivity index (χ4v) is 1.25. The lowest BCUT2D eigenvalue weighted by Crippen LogP contribution is -2.05. The van der Waals surface area contributed by atoms with Crippen molar-refractivity contribution in [2.75, 3.05) is 0 Å². The maximum absolute atomic E-state index is 10.3. The molecular weight excluding hydrogens is 194 g/mol. The van der Waals surface area contributed by atoms with E-state index in [1.165, 1.54) is 6.34 Å². The molecule has 1 unspecified atom stereocenters. The zero-order valence-electron chi connectivity index (χ0n) is 8.21. The first kappa shape index (κ1) is 11.3. The van der Waals surface area contributed by atoms with Gasteiger partial charge in [0.15, 0.2) is 0 Å². The van der Waals surface area contributed by atoms with Crippen LogP contribution in [0.3, 0.4) is 0 Å². The Bertz CT molecular complexity index is 314. The van der Waals surface area contributed by atoms with Gasteiger partial charge in [-0.25, -0.2) is 0 Å². The lowest BCUT2D eigenvalue weighted by atomic mass is 10.1. The van der Waals surface area contributed by atoms with Gasteiger partial charge in [-0.15, -0.1) is 0 Å². The van der Waals surface area contributed by atoms with Gasteiger partial charge in [0.2, 0.25) is 0 Å². The molecule has 80 valence electrons. The third kappa shape index (κ3) is 3.86. The Labute approximate surface area is 87.8 Å². The number of rotatable bonds is 6. The zero-order valence-corrected chi connectivity index (χ0v) is 8.21. The predicted octanol–water partition coefficient (Wildman–Crippen LogP) is 1.11. The van der Waals surface area contributed by atoms with Crippen LogP contribution in [0.1, 0.15) is 24.4 Å². The number of aromatic nitrogens is 1. The van der Waals surface area contributed by atoms with Crippen LogP contribution in [0.5, 0.6) is 0 Å². The molecule has 0 amide bonds. The van der Waals surface area contributed by atoms with Crippen LogP contribution >= 0.6 is 0 Å². The molecule has 0 aliphatic heterocycles. The lowest BCUT2D eigenvalue weighted by molar-refractivity contribution is -0.108. The van der Waals surface area contributed by atoms with E-state index < -0.39 is 0 Å². The summed E-state index contributed by atoms with van der Waals surface area (Å²) in [5.74, 6) is 0. The third-order valence-electron chi connectivity index (χ3n) is 1.94. The van der Waals surface area contributed by atoms with E-state index in [9.17, 15) is 4.79 Å². The molecule has 0 aliphatic rings. The maximum atomic E-state index is 10.3. The molecule has 0 bridgehead atoms. The van der Waals surface area contributed by atoms with E-state index in [1.807, 2.05) is 17.6 Å². The summed E-state index contributed by atoms with van der Waals surface area (Å²) in [5.41, 5.74) is 2.77. The van der Waals surface area contributed by atoms with E-state index in [-0.39, 0.29) is 6.04 Å². The van der Waals surface area contributed by atoms with E-state index in [0.29, 0.717) is 12.8 Å². The number of carbonyl (C=O) groups excluding carboxylic acids is 1. The van der Waals surface area contributed by atoms with Crippen LogP contribution in [0.2, 0.25) is 0 Å². The first-order valence-electron chi connectivity index (χ1n) is 4.63. The number of aldehydes is 1. The molecule has 5 heteroatoms. The van der Waals surface area contributed by atoms with E-state index in [2.05, 4.69) is 9.98 Å². The van der Waals surface area contributed by atoms with E-state index in [4.69, 9.17) is 5.21 Å². The second-order valence-corrected chi connectivity index (χ2v) is 2.95. The number of carbonyl (C=O) groups is 1.